The van der Waals surface area contributed by atoms with Crippen LogP contribution in [-0.4, -0.2) is 28.5 Å². The molecule has 0 spiro atoms. The van der Waals surface area contributed by atoms with E-state index in [2.05, 4.69) is 5.32 Å². The van der Waals surface area contributed by atoms with Gasteiger partial charge in [0, 0.05) is 22.7 Å². The fourth-order valence-electron chi connectivity index (χ4n) is 2.86. The lowest BCUT2D eigenvalue weighted by molar-refractivity contribution is -0.127. The van der Waals surface area contributed by atoms with Crippen LogP contribution < -0.4 is 10.9 Å². The average molecular weight is 424 g/mol. The van der Waals surface area contributed by atoms with Gasteiger partial charge in [-0.2, -0.15) is 0 Å². The van der Waals surface area contributed by atoms with Crippen LogP contribution in [0.5, 0.6) is 0 Å². The highest BCUT2D eigenvalue weighted by Crippen LogP contribution is 2.32. The zero-order valence-corrected chi connectivity index (χ0v) is 16.1. The van der Waals surface area contributed by atoms with Crippen molar-refractivity contribution in [3.63, 3.8) is 0 Å². The zero-order valence-electron chi connectivity index (χ0n) is 15.3. The van der Waals surface area contributed by atoms with Gasteiger partial charge in [0.2, 0.25) is 5.91 Å². The summed E-state index contributed by atoms with van der Waals surface area (Å²) in [6.45, 7) is -0.485. The van der Waals surface area contributed by atoms with Crippen molar-refractivity contribution < 1.29 is 23.2 Å². The predicted molar refractivity (Wildman–Crippen MR) is 110 cm³/mol. The summed E-state index contributed by atoms with van der Waals surface area (Å²) in [6.07, 6.45) is 1.29. The maximum absolute atomic E-state index is 13.8. The third kappa shape index (κ3) is 4.01. The van der Waals surface area contributed by atoms with Crippen molar-refractivity contribution in [3.8, 4) is 0 Å². The third-order valence-corrected chi connectivity index (χ3v) is 5.18. The lowest BCUT2D eigenvalue weighted by Gasteiger charge is -2.12. The van der Waals surface area contributed by atoms with Gasteiger partial charge in [-0.25, -0.2) is 9.18 Å². The van der Waals surface area contributed by atoms with Gasteiger partial charge >= 0.3 is 5.63 Å². The minimum Gasteiger partial charge on any atom is -0.423 e. The second-order valence-electron chi connectivity index (χ2n) is 6.34. The molecular weight excluding hydrogens is 411 g/mol. The predicted octanol–water partition coefficient (Wildman–Crippen LogP) is 3.61. The number of carbonyl (C=O) groups excluding carboxylic acids is 3. The molecule has 0 aliphatic carbocycles. The van der Waals surface area contributed by atoms with Crippen LogP contribution in [0.3, 0.4) is 0 Å². The first-order chi connectivity index (χ1) is 14.4. The molecule has 0 bridgehead atoms. The van der Waals surface area contributed by atoms with Crippen LogP contribution in [-0.2, 0) is 9.59 Å². The number of fused-ring (bicyclic) bond motifs is 1. The number of nitrogens with one attached hydrogen (secondary N) is 1. The van der Waals surface area contributed by atoms with E-state index in [1.54, 1.807) is 18.2 Å². The van der Waals surface area contributed by atoms with E-state index in [1.165, 1.54) is 42.5 Å². The Morgan fingerprint density at radius 3 is 2.70 bits per heavy atom. The summed E-state index contributed by atoms with van der Waals surface area (Å²) in [6, 6.07) is 13.3. The molecule has 3 aromatic rings. The maximum atomic E-state index is 13.8. The van der Waals surface area contributed by atoms with Crippen LogP contribution >= 0.6 is 11.8 Å². The number of imide groups is 1. The molecule has 0 saturated carbocycles. The van der Waals surface area contributed by atoms with E-state index in [0.717, 1.165) is 4.90 Å². The first kappa shape index (κ1) is 19.6. The highest BCUT2D eigenvalue weighted by molar-refractivity contribution is 8.18. The first-order valence-electron chi connectivity index (χ1n) is 8.74. The zero-order chi connectivity index (χ0) is 21.3. The summed E-state index contributed by atoms with van der Waals surface area (Å²) in [5, 5.41) is 2.59. The standard InChI is InChI=1S/C21H13FN2O5S/c22-15-4-2-1-3-12(15)10-17-20(27)24(21(28)30-17)11-18(25)23-14-6-7-16-13(9-14)5-8-19(26)29-16/h1-10H,11H2,(H,23,25)/b17-10-. The molecule has 1 aliphatic rings. The number of hydrogen-bond acceptors (Lipinski definition) is 6. The quantitative estimate of drug-likeness (QED) is 0.508. The second-order valence-corrected chi connectivity index (χ2v) is 7.34. The summed E-state index contributed by atoms with van der Waals surface area (Å²) >= 11 is 0.647. The normalized spacial score (nSPS) is 15.2. The molecule has 0 unspecified atom stereocenters. The topological polar surface area (TPSA) is 96.7 Å². The Morgan fingerprint density at radius 2 is 1.90 bits per heavy atom. The minimum atomic E-state index is -0.663. The van der Waals surface area contributed by atoms with Gasteiger partial charge in [-0.1, -0.05) is 18.2 Å². The van der Waals surface area contributed by atoms with Crippen molar-refractivity contribution in [1.29, 1.82) is 0 Å². The van der Waals surface area contributed by atoms with E-state index in [0.29, 0.717) is 28.4 Å². The molecule has 0 atom stereocenters. The number of carbonyl (C=O) groups is 3. The number of halogens is 1. The molecule has 1 aliphatic heterocycles. The molecule has 1 aromatic heterocycles. The first-order valence-corrected chi connectivity index (χ1v) is 9.56. The fraction of sp³-hybridized carbons (Fsp3) is 0.0476. The largest absolute Gasteiger partial charge is 0.423 e. The summed E-state index contributed by atoms with van der Waals surface area (Å²) in [5.74, 6) is -1.76. The van der Waals surface area contributed by atoms with Crippen molar-refractivity contribution in [2.45, 2.75) is 0 Å². The third-order valence-electron chi connectivity index (χ3n) is 4.27. The minimum absolute atomic E-state index is 0.0404. The molecule has 4 rings (SSSR count). The Morgan fingerprint density at radius 1 is 1.10 bits per heavy atom. The molecule has 2 aromatic carbocycles. The van der Waals surface area contributed by atoms with Gasteiger partial charge in [0.1, 0.15) is 17.9 Å². The molecule has 30 heavy (non-hydrogen) atoms. The van der Waals surface area contributed by atoms with Crippen LogP contribution in [0, 0.1) is 5.82 Å². The van der Waals surface area contributed by atoms with Gasteiger partial charge in [0.05, 0.1) is 4.91 Å². The van der Waals surface area contributed by atoms with E-state index < -0.39 is 35.0 Å². The Bertz CT molecular complexity index is 1280. The van der Waals surface area contributed by atoms with E-state index in [-0.39, 0.29) is 10.5 Å². The van der Waals surface area contributed by atoms with Crippen molar-refractivity contribution in [2.24, 2.45) is 0 Å². The van der Waals surface area contributed by atoms with Gasteiger partial charge in [0.15, 0.2) is 0 Å². The van der Waals surface area contributed by atoms with Gasteiger partial charge in [0.25, 0.3) is 11.1 Å². The number of benzene rings is 2. The molecule has 3 amide bonds. The number of hydrogen-bond donors (Lipinski definition) is 1. The second kappa shape index (κ2) is 7.96. The van der Waals surface area contributed by atoms with Gasteiger partial charge in [-0.05, 0) is 48.2 Å². The van der Waals surface area contributed by atoms with Gasteiger partial charge in [-0.3, -0.25) is 19.3 Å². The van der Waals surface area contributed by atoms with Crippen molar-refractivity contribution in [3.05, 3.63) is 81.3 Å². The molecule has 150 valence electrons. The van der Waals surface area contributed by atoms with E-state index in [1.807, 2.05) is 0 Å². The Hall–Kier alpha value is -3.72. The fourth-order valence-corrected chi connectivity index (χ4v) is 3.69. The van der Waals surface area contributed by atoms with Crippen molar-refractivity contribution >= 4 is 51.5 Å². The maximum Gasteiger partial charge on any atom is 0.336 e. The number of rotatable bonds is 4. The van der Waals surface area contributed by atoms with Crippen molar-refractivity contribution in [2.75, 3.05) is 11.9 Å². The molecular formula is C21H13FN2O5S. The Labute approximate surface area is 173 Å². The smallest absolute Gasteiger partial charge is 0.336 e. The monoisotopic (exact) mass is 424 g/mol. The molecule has 1 saturated heterocycles. The number of thioether (sulfide) groups is 1. The van der Waals surface area contributed by atoms with Crippen LogP contribution in [0.2, 0.25) is 0 Å². The number of amides is 3. The number of anilines is 1. The lowest BCUT2D eigenvalue weighted by Crippen LogP contribution is -2.36. The molecule has 9 heteroatoms. The lowest BCUT2D eigenvalue weighted by atomic mass is 10.2. The van der Waals surface area contributed by atoms with E-state index in [9.17, 15) is 23.6 Å². The van der Waals surface area contributed by atoms with Gasteiger partial charge in [-0.15, -0.1) is 0 Å². The summed E-state index contributed by atoms with van der Waals surface area (Å²) in [5.41, 5.74) is 0.470. The summed E-state index contributed by atoms with van der Waals surface area (Å²) in [4.78, 5) is 49.1. The van der Waals surface area contributed by atoms with Crippen molar-refractivity contribution in [1.82, 2.24) is 4.90 Å². The molecule has 2 heterocycles. The van der Waals surface area contributed by atoms with E-state index in [4.69, 9.17) is 4.42 Å². The molecule has 7 nitrogen and oxygen atoms in total. The van der Waals surface area contributed by atoms with Gasteiger partial charge < -0.3 is 9.73 Å². The average Bonchev–Trinajstić information content (AvgIpc) is 2.97. The Kier molecular flexibility index (Phi) is 5.20. The SMILES string of the molecule is O=C(CN1C(=O)S/C(=C\c2ccccc2F)C1=O)Nc1ccc2oc(=O)ccc2c1. The summed E-state index contributed by atoms with van der Waals surface area (Å²) < 4.78 is 18.8. The molecule has 1 fully saturated rings. The summed E-state index contributed by atoms with van der Waals surface area (Å²) in [7, 11) is 0. The van der Waals surface area contributed by atoms with Crippen LogP contribution in [0.4, 0.5) is 14.9 Å². The van der Waals surface area contributed by atoms with Crippen LogP contribution in [0.15, 0.2) is 68.7 Å². The Balaban J connectivity index is 1.47. The highest BCUT2D eigenvalue weighted by Gasteiger charge is 2.36. The number of nitrogens with zero attached hydrogens (tertiary/aromatic N) is 1. The van der Waals surface area contributed by atoms with Crippen LogP contribution in [0.25, 0.3) is 17.0 Å². The van der Waals surface area contributed by atoms with E-state index >= 15 is 0 Å². The molecule has 0 radical (unpaired) electrons. The van der Waals surface area contributed by atoms with Crippen LogP contribution in [0.1, 0.15) is 5.56 Å². The molecule has 1 N–H and O–H groups in total. The highest BCUT2D eigenvalue weighted by atomic mass is 32.2.